The molecular weight excluding hydrogens is 276 g/mol. The first-order valence-electron chi connectivity index (χ1n) is 7.86. The number of carbonyl (C=O) groups excluding carboxylic acids is 2. The summed E-state index contributed by atoms with van der Waals surface area (Å²) >= 11 is 0. The summed E-state index contributed by atoms with van der Waals surface area (Å²) in [4.78, 5) is 24.6. The molecule has 4 nitrogen and oxygen atoms in total. The Morgan fingerprint density at radius 3 is 1.91 bits per heavy atom. The van der Waals surface area contributed by atoms with Crippen LogP contribution in [0.2, 0.25) is 0 Å². The smallest absolute Gasteiger partial charge is 0.231 e. The Morgan fingerprint density at radius 2 is 1.55 bits per heavy atom. The van der Waals surface area contributed by atoms with Crippen molar-refractivity contribution in [3.63, 3.8) is 0 Å². The molecule has 3 N–H and O–H groups in total. The third-order valence-corrected chi connectivity index (χ3v) is 4.31. The van der Waals surface area contributed by atoms with Crippen LogP contribution in [0.1, 0.15) is 57.8 Å². The molecule has 0 saturated carbocycles. The number of ketones is 1. The standard InChI is InChI=1S/C18H28N2O2/c1-6-18(7-2,12-19)16(22)20-14-10-8-13(9-11-14)15(21)17(3,4)5/h8-11H,6-7,12,19H2,1-5H3,(H,20,22). The van der Waals surface area contributed by atoms with E-state index in [2.05, 4.69) is 5.32 Å². The van der Waals surface area contributed by atoms with Gasteiger partial charge in [-0.3, -0.25) is 9.59 Å². The van der Waals surface area contributed by atoms with E-state index in [0.29, 0.717) is 30.6 Å². The largest absolute Gasteiger partial charge is 0.329 e. The van der Waals surface area contributed by atoms with Gasteiger partial charge in [-0.2, -0.15) is 0 Å². The van der Waals surface area contributed by atoms with Crippen LogP contribution in [0.15, 0.2) is 24.3 Å². The van der Waals surface area contributed by atoms with Gasteiger partial charge in [0.25, 0.3) is 0 Å². The zero-order valence-corrected chi connectivity index (χ0v) is 14.3. The molecule has 0 fully saturated rings. The van der Waals surface area contributed by atoms with Crippen molar-refractivity contribution >= 4 is 17.4 Å². The van der Waals surface area contributed by atoms with E-state index in [-0.39, 0.29) is 11.7 Å². The van der Waals surface area contributed by atoms with Crippen molar-refractivity contribution in [3.05, 3.63) is 29.8 Å². The summed E-state index contributed by atoms with van der Waals surface area (Å²) in [6.45, 7) is 9.95. The molecule has 0 aromatic heterocycles. The summed E-state index contributed by atoms with van der Waals surface area (Å²) in [6.07, 6.45) is 1.40. The van der Waals surface area contributed by atoms with Gasteiger partial charge >= 0.3 is 0 Å². The minimum Gasteiger partial charge on any atom is -0.329 e. The lowest BCUT2D eigenvalue weighted by Gasteiger charge is -2.28. The molecule has 0 saturated heterocycles. The molecule has 0 atom stereocenters. The molecule has 0 spiro atoms. The van der Waals surface area contributed by atoms with Gasteiger partial charge < -0.3 is 11.1 Å². The molecule has 22 heavy (non-hydrogen) atoms. The highest BCUT2D eigenvalue weighted by Crippen LogP contribution is 2.27. The van der Waals surface area contributed by atoms with Crippen molar-refractivity contribution < 1.29 is 9.59 Å². The molecule has 1 amide bonds. The van der Waals surface area contributed by atoms with E-state index in [9.17, 15) is 9.59 Å². The maximum Gasteiger partial charge on any atom is 0.231 e. The van der Waals surface area contributed by atoms with Gasteiger partial charge in [-0.15, -0.1) is 0 Å². The van der Waals surface area contributed by atoms with Crippen LogP contribution in [-0.4, -0.2) is 18.2 Å². The maximum absolute atomic E-state index is 12.4. The molecule has 0 bridgehead atoms. The number of anilines is 1. The fourth-order valence-electron chi connectivity index (χ4n) is 2.35. The number of nitrogens with two attached hydrogens (primary N) is 1. The normalized spacial score (nSPS) is 12.1. The fourth-order valence-corrected chi connectivity index (χ4v) is 2.35. The van der Waals surface area contributed by atoms with Crippen LogP contribution in [0.5, 0.6) is 0 Å². The summed E-state index contributed by atoms with van der Waals surface area (Å²) in [6, 6.07) is 7.05. The Bertz CT molecular complexity index is 515. The highest BCUT2D eigenvalue weighted by molar-refractivity contribution is 6.00. The molecule has 0 heterocycles. The number of hydrogen-bond acceptors (Lipinski definition) is 3. The van der Waals surface area contributed by atoms with E-state index in [1.54, 1.807) is 24.3 Å². The lowest BCUT2D eigenvalue weighted by molar-refractivity contribution is -0.125. The van der Waals surface area contributed by atoms with Crippen LogP contribution in [0.3, 0.4) is 0 Å². The molecule has 0 unspecified atom stereocenters. The van der Waals surface area contributed by atoms with E-state index in [1.807, 2.05) is 34.6 Å². The van der Waals surface area contributed by atoms with Gasteiger partial charge in [0.1, 0.15) is 0 Å². The van der Waals surface area contributed by atoms with Gasteiger partial charge in [-0.1, -0.05) is 34.6 Å². The first-order valence-corrected chi connectivity index (χ1v) is 7.86. The second kappa shape index (κ2) is 7.05. The average molecular weight is 304 g/mol. The van der Waals surface area contributed by atoms with Gasteiger partial charge in [0.15, 0.2) is 5.78 Å². The van der Waals surface area contributed by atoms with E-state index in [0.717, 1.165) is 0 Å². The third kappa shape index (κ3) is 3.95. The molecule has 1 rings (SSSR count). The Balaban J connectivity index is 2.89. The predicted molar refractivity (Wildman–Crippen MR) is 90.9 cm³/mol. The highest BCUT2D eigenvalue weighted by Gasteiger charge is 2.33. The first-order chi connectivity index (χ1) is 10.2. The summed E-state index contributed by atoms with van der Waals surface area (Å²) in [7, 11) is 0. The van der Waals surface area contributed by atoms with E-state index < -0.39 is 10.8 Å². The molecule has 1 aromatic carbocycles. The zero-order valence-electron chi connectivity index (χ0n) is 14.3. The van der Waals surface area contributed by atoms with Crippen LogP contribution < -0.4 is 11.1 Å². The molecule has 0 radical (unpaired) electrons. The van der Waals surface area contributed by atoms with Crippen molar-refractivity contribution in [1.82, 2.24) is 0 Å². The fraction of sp³-hybridized carbons (Fsp3) is 0.556. The number of nitrogens with one attached hydrogen (secondary N) is 1. The van der Waals surface area contributed by atoms with Gasteiger partial charge in [-0.25, -0.2) is 0 Å². The molecular formula is C18H28N2O2. The second-order valence-corrected chi connectivity index (χ2v) is 6.80. The van der Waals surface area contributed by atoms with Crippen LogP contribution in [0, 0.1) is 10.8 Å². The summed E-state index contributed by atoms with van der Waals surface area (Å²) in [5, 5.41) is 2.91. The molecule has 0 aliphatic carbocycles. The summed E-state index contributed by atoms with van der Waals surface area (Å²) < 4.78 is 0. The molecule has 4 heteroatoms. The summed E-state index contributed by atoms with van der Waals surface area (Å²) in [5.41, 5.74) is 6.19. The van der Waals surface area contributed by atoms with Crippen molar-refractivity contribution in [3.8, 4) is 0 Å². The SMILES string of the molecule is CCC(CC)(CN)C(=O)Nc1ccc(C(=O)C(C)(C)C)cc1. The van der Waals surface area contributed by atoms with E-state index in [1.165, 1.54) is 0 Å². The minimum atomic E-state index is -0.528. The number of Topliss-reactive ketones (excluding diaryl/α,β-unsaturated/α-hetero) is 1. The van der Waals surface area contributed by atoms with Gasteiger partial charge in [0.2, 0.25) is 5.91 Å². The number of amides is 1. The van der Waals surface area contributed by atoms with Crippen LogP contribution in [0.4, 0.5) is 5.69 Å². The maximum atomic E-state index is 12.4. The van der Waals surface area contributed by atoms with Gasteiger partial charge in [-0.05, 0) is 37.1 Å². The zero-order chi connectivity index (χ0) is 17.0. The lowest BCUT2D eigenvalue weighted by atomic mass is 9.81. The number of carbonyl (C=O) groups is 2. The van der Waals surface area contributed by atoms with Crippen molar-refractivity contribution in [2.24, 2.45) is 16.6 Å². The summed E-state index contributed by atoms with van der Waals surface area (Å²) in [5.74, 6) is 0.0266. The van der Waals surface area contributed by atoms with Crippen LogP contribution in [-0.2, 0) is 4.79 Å². The minimum absolute atomic E-state index is 0.0603. The van der Waals surface area contributed by atoms with Crippen molar-refractivity contribution in [1.29, 1.82) is 0 Å². The Kier molecular flexibility index (Phi) is 5.89. The molecule has 0 aliphatic rings. The van der Waals surface area contributed by atoms with Crippen LogP contribution in [0.25, 0.3) is 0 Å². The lowest BCUT2D eigenvalue weighted by Crippen LogP contribution is -2.41. The topological polar surface area (TPSA) is 72.2 Å². The monoisotopic (exact) mass is 304 g/mol. The van der Waals surface area contributed by atoms with Gasteiger partial charge in [0, 0.05) is 23.2 Å². The predicted octanol–water partition coefficient (Wildman–Crippen LogP) is 3.62. The van der Waals surface area contributed by atoms with Crippen molar-refractivity contribution in [2.75, 3.05) is 11.9 Å². The Labute approximate surface area is 133 Å². The number of hydrogen-bond donors (Lipinski definition) is 2. The Morgan fingerprint density at radius 1 is 1.05 bits per heavy atom. The average Bonchev–Trinajstić information content (AvgIpc) is 2.49. The second-order valence-electron chi connectivity index (χ2n) is 6.80. The molecule has 122 valence electrons. The Hall–Kier alpha value is -1.68. The van der Waals surface area contributed by atoms with Crippen LogP contribution >= 0.6 is 0 Å². The molecule has 0 aliphatic heterocycles. The van der Waals surface area contributed by atoms with E-state index in [4.69, 9.17) is 5.73 Å². The van der Waals surface area contributed by atoms with Crippen molar-refractivity contribution in [2.45, 2.75) is 47.5 Å². The highest BCUT2D eigenvalue weighted by atomic mass is 16.2. The van der Waals surface area contributed by atoms with E-state index >= 15 is 0 Å². The van der Waals surface area contributed by atoms with Gasteiger partial charge in [0.05, 0.1) is 5.41 Å². The third-order valence-electron chi connectivity index (χ3n) is 4.31. The number of benzene rings is 1. The first kappa shape index (κ1) is 18.4. The molecule has 1 aromatic rings. The quantitative estimate of drug-likeness (QED) is 0.788. The number of rotatable bonds is 6.